The highest BCUT2D eigenvalue weighted by Gasteiger charge is 2.23. The van der Waals surface area contributed by atoms with Crippen molar-refractivity contribution in [3.05, 3.63) is 59.7 Å². The van der Waals surface area contributed by atoms with E-state index in [1.54, 1.807) is 30.3 Å². The molecule has 2 N–H and O–H groups in total. The van der Waals surface area contributed by atoms with Gasteiger partial charge in [-0.25, -0.2) is 9.59 Å². The maximum atomic E-state index is 11.6. The third-order valence-corrected chi connectivity index (χ3v) is 2.77. The minimum Gasteiger partial charge on any atom is -0.478 e. The fourth-order valence-corrected chi connectivity index (χ4v) is 1.84. The van der Waals surface area contributed by atoms with Crippen LogP contribution in [-0.2, 0) is 30.6 Å². The van der Waals surface area contributed by atoms with Gasteiger partial charge in [0.25, 0.3) is 0 Å². The first-order valence-corrected chi connectivity index (χ1v) is 6.95. The number of carbonyl (C=O) groups is 2. The van der Waals surface area contributed by atoms with Crippen LogP contribution in [0.15, 0.2) is 54.1 Å². The molecule has 0 fully saturated rings. The summed E-state index contributed by atoms with van der Waals surface area (Å²) in [5.74, 6) is -2.94. The van der Waals surface area contributed by atoms with Crippen molar-refractivity contribution in [2.75, 3.05) is 0 Å². The fraction of sp³-hybridized carbons (Fsp3) is 0.0769. The summed E-state index contributed by atoms with van der Waals surface area (Å²) in [6.07, 6.45) is 0.720. The lowest BCUT2D eigenvalue weighted by Crippen LogP contribution is -2.18. The molecule has 0 saturated carbocycles. The van der Waals surface area contributed by atoms with Crippen molar-refractivity contribution in [1.29, 1.82) is 0 Å². The Kier molecular flexibility index (Phi) is 5.39. The molecule has 0 aliphatic carbocycles. The summed E-state index contributed by atoms with van der Waals surface area (Å²) in [5, 5.41) is 9.16. The molecule has 0 atom stereocenters. The molecule has 112 valence electrons. The molecule has 0 spiro atoms. The van der Waals surface area contributed by atoms with Crippen LogP contribution in [0.25, 0.3) is 0 Å². The summed E-state index contributed by atoms with van der Waals surface area (Å²) >= 11 is 0. The summed E-state index contributed by atoms with van der Waals surface area (Å²) in [6, 6.07) is 8.36. The summed E-state index contributed by atoms with van der Waals surface area (Å²) < 4.78 is 33.3. The first-order valence-electron chi connectivity index (χ1n) is 5.58. The van der Waals surface area contributed by atoms with Gasteiger partial charge in [-0.05, 0) is 5.56 Å². The Labute approximate surface area is 121 Å². The Bertz CT molecular complexity index is 686. The van der Waals surface area contributed by atoms with E-state index in [2.05, 4.69) is 10.8 Å². The van der Waals surface area contributed by atoms with Gasteiger partial charge < -0.3 is 9.29 Å². The van der Waals surface area contributed by atoms with Crippen LogP contribution in [0.4, 0.5) is 0 Å². The van der Waals surface area contributed by atoms with Gasteiger partial charge in [-0.2, -0.15) is 8.42 Å². The second kappa shape index (κ2) is 6.82. The largest absolute Gasteiger partial charge is 0.478 e. The predicted octanol–water partition coefficient (Wildman–Crippen LogP) is 1.14. The summed E-state index contributed by atoms with van der Waals surface area (Å²) in [5.41, 5.74) is -0.359. The zero-order valence-corrected chi connectivity index (χ0v) is 11.5. The zero-order chi connectivity index (χ0) is 16.0. The number of aliphatic carboxylic acids is 1. The molecule has 0 aliphatic rings. The van der Waals surface area contributed by atoms with Crippen molar-refractivity contribution in [3.8, 4) is 0 Å². The van der Waals surface area contributed by atoms with Gasteiger partial charge in [0.1, 0.15) is 0 Å². The predicted molar refractivity (Wildman–Crippen MR) is 72.6 cm³/mol. The molecule has 1 aromatic rings. The second-order valence-corrected chi connectivity index (χ2v) is 4.88. The van der Waals surface area contributed by atoms with Crippen LogP contribution in [-0.4, -0.2) is 30.0 Å². The van der Waals surface area contributed by atoms with Gasteiger partial charge in [0.15, 0.2) is 0 Å². The van der Waals surface area contributed by atoms with E-state index < -0.39 is 33.5 Å². The van der Waals surface area contributed by atoms with Gasteiger partial charge in [0, 0.05) is 6.42 Å². The van der Waals surface area contributed by atoms with Gasteiger partial charge >= 0.3 is 22.3 Å². The molecule has 0 aromatic heterocycles. The standard InChI is InChI=1S/C13H12O7S/c1-2-10(13(16)20-21(17,18)19)11(12(14)15)8-9-6-4-3-5-7-9/h2-7H,1,8H2,(H,14,15)(H,17,18,19)/b11-10-. The minimum absolute atomic E-state index is 0.141. The molecule has 0 unspecified atom stereocenters. The summed E-state index contributed by atoms with van der Waals surface area (Å²) in [6.45, 7) is 3.26. The van der Waals surface area contributed by atoms with E-state index in [0.717, 1.165) is 6.08 Å². The monoisotopic (exact) mass is 312 g/mol. The lowest BCUT2D eigenvalue weighted by molar-refractivity contribution is -0.134. The van der Waals surface area contributed by atoms with Gasteiger partial charge in [-0.3, -0.25) is 4.55 Å². The third-order valence-electron chi connectivity index (χ3n) is 2.41. The molecule has 8 heteroatoms. The summed E-state index contributed by atoms with van der Waals surface area (Å²) in [4.78, 5) is 22.8. The number of benzene rings is 1. The Morgan fingerprint density at radius 1 is 1.24 bits per heavy atom. The van der Waals surface area contributed by atoms with Gasteiger partial charge in [-0.1, -0.05) is 43.0 Å². The highest BCUT2D eigenvalue weighted by molar-refractivity contribution is 7.81. The molecule has 0 radical (unpaired) electrons. The van der Waals surface area contributed by atoms with Crippen molar-refractivity contribution < 1.29 is 31.8 Å². The topological polar surface area (TPSA) is 118 Å². The number of hydrogen-bond acceptors (Lipinski definition) is 5. The average molecular weight is 312 g/mol. The molecule has 1 aromatic carbocycles. The Balaban J connectivity index is 3.22. The molecule has 0 bridgehead atoms. The molecular weight excluding hydrogens is 300 g/mol. The lowest BCUT2D eigenvalue weighted by Gasteiger charge is -2.08. The van der Waals surface area contributed by atoms with Crippen LogP contribution >= 0.6 is 0 Å². The second-order valence-electron chi connectivity index (χ2n) is 3.86. The zero-order valence-electron chi connectivity index (χ0n) is 10.7. The normalized spacial score (nSPS) is 12.2. The average Bonchev–Trinajstić information content (AvgIpc) is 2.37. The van der Waals surface area contributed by atoms with Crippen molar-refractivity contribution in [3.63, 3.8) is 0 Å². The fourth-order valence-electron chi connectivity index (χ4n) is 1.56. The number of carbonyl (C=O) groups excluding carboxylic acids is 1. The number of carboxylic acids is 1. The van der Waals surface area contributed by atoms with Crippen molar-refractivity contribution in [1.82, 2.24) is 0 Å². The van der Waals surface area contributed by atoms with E-state index in [9.17, 15) is 18.0 Å². The molecule has 1 rings (SSSR count). The van der Waals surface area contributed by atoms with Gasteiger partial charge in [0.2, 0.25) is 0 Å². The van der Waals surface area contributed by atoms with Crippen LogP contribution in [0.3, 0.4) is 0 Å². The SMILES string of the molecule is C=C/C(C(=O)OS(=O)(=O)O)=C(\Cc1ccccc1)C(=O)O. The van der Waals surface area contributed by atoms with Crippen LogP contribution in [0.1, 0.15) is 5.56 Å². The highest BCUT2D eigenvalue weighted by atomic mass is 32.3. The van der Waals surface area contributed by atoms with Crippen molar-refractivity contribution >= 4 is 22.3 Å². The Hall–Kier alpha value is -2.45. The number of rotatable bonds is 6. The van der Waals surface area contributed by atoms with E-state index in [-0.39, 0.29) is 6.42 Å². The number of hydrogen-bond donors (Lipinski definition) is 2. The highest BCUT2D eigenvalue weighted by Crippen LogP contribution is 2.16. The van der Waals surface area contributed by atoms with E-state index in [1.165, 1.54) is 0 Å². The first kappa shape index (κ1) is 16.6. The molecule has 0 amide bonds. The quantitative estimate of drug-likeness (QED) is 0.459. The molecule has 21 heavy (non-hydrogen) atoms. The first-order chi connectivity index (χ1) is 9.74. The molecular formula is C13H12O7S. The Morgan fingerprint density at radius 2 is 1.81 bits per heavy atom. The molecule has 0 aliphatic heterocycles. The molecule has 0 heterocycles. The lowest BCUT2D eigenvalue weighted by atomic mass is 10.00. The van der Waals surface area contributed by atoms with E-state index in [4.69, 9.17) is 9.66 Å². The van der Waals surface area contributed by atoms with Crippen molar-refractivity contribution in [2.45, 2.75) is 6.42 Å². The van der Waals surface area contributed by atoms with Crippen LogP contribution in [0.2, 0.25) is 0 Å². The smallest absolute Gasteiger partial charge is 0.449 e. The molecule has 0 saturated heterocycles. The van der Waals surface area contributed by atoms with Gasteiger partial charge in [0.05, 0.1) is 11.1 Å². The van der Waals surface area contributed by atoms with E-state index in [1.807, 2.05) is 0 Å². The summed E-state index contributed by atoms with van der Waals surface area (Å²) in [7, 11) is -5.03. The van der Waals surface area contributed by atoms with Gasteiger partial charge in [-0.15, -0.1) is 0 Å². The Morgan fingerprint density at radius 3 is 2.24 bits per heavy atom. The third kappa shape index (κ3) is 5.21. The van der Waals surface area contributed by atoms with Crippen molar-refractivity contribution in [2.24, 2.45) is 0 Å². The van der Waals surface area contributed by atoms with E-state index >= 15 is 0 Å². The molecule has 7 nitrogen and oxygen atoms in total. The van der Waals surface area contributed by atoms with Crippen LogP contribution < -0.4 is 0 Å². The maximum Gasteiger partial charge on any atom is 0.449 e. The number of carboxylic acid groups (broad SMARTS) is 1. The minimum atomic E-state index is -5.03. The van der Waals surface area contributed by atoms with E-state index in [0.29, 0.717) is 5.56 Å². The van der Waals surface area contributed by atoms with Crippen LogP contribution in [0.5, 0.6) is 0 Å². The van der Waals surface area contributed by atoms with Crippen LogP contribution in [0, 0.1) is 0 Å². The maximum absolute atomic E-state index is 11.6.